The van der Waals surface area contributed by atoms with Gasteiger partial charge in [0.05, 0.1) is 12.8 Å². The third-order valence-electron chi connectivity index (χ3n) is 4.27. The first kappa shape index (κ1) is 19.0. The molecule has 0 spiro atoms. The molecule has 0 aliphatic carbocycles. The van der Waals surface area contributed by atoms with Crippen LogP contribution in [0.1, 0.15) is 21.5 Å². The maximum Gasteiger partial charge on any atom is 0.271 e. The fourth-order valence-electron chi connectivity index (χ4n) is 2.77. The lowest BCUT2D eigenvalue weighted by Crippen LogP contribution is -2.17. The SMILES string of the molecule is O=C(N/N=C\c1cccc(O)c1)c1ccc(Cn2nnc(-c3ccccc3)n2)cc1. The molecule has 0 aliphatic rings. The molecule has 0 unspecified atom stereocenters. The van der Waals surface area contributed by atoms with Gasteiger partial charge >= 0.3 is 0 Å². The number of phenolic OH excluding ortho intramolecular Hbond substituents is 1. The summed E-state index contributed by atoms with van der Waals surface area (Å²) in [7, 11) is 0. The number of hydrogen-bond donors (Lipinski definition) is 2. The molecule has 0 aliphatic heterocycles. The highest BCUT2D eigenvalue weighted by Crippen LogP contribution is 2.13. The van der Waals surface area contributed by atoms with E-state index < -0.39 is 0 Å². The van der Waals surface area contributed by atoms with E-state index in [1.807, 2.05) is 42.5 Å². The molecule has 1 aromatic heterocycles. The number of aromatic hydroxyl groups is 1. The Morgan fingerprint density at radius 2 is 1.83 bits per heavy atom. The van der Waals surface area contributed by atoms with Gasteiger partial charge in [0, 0.05) is 11.1 Å². The summed E-state index contributed by atoms with van der Waals surface area (Å²) in [6, 6.07) is 23.3. The van der Waals surface area contributed by atoms with Gasteiger partial charge in [-0.25, -0.2) is 5.43 Å². The van der Waals surface area contributed by atoms with Crippen molar-refractivity contribution in [3.05, 3.63) is 95.6 Å². The molecule has 0 saturated heterocycles. The number of benzene rings is 3. The molecule has 4 rings (SSSR count). The Labute approximate surface area is 172 Å². The Morgan fingerprint density at radius 1 is 1.03 bits per heavy atom. The van der Waals surface area contributed by atoms with Crippen molar-refractivity contribution in [1.82, 2.24) is 25.6 Å². The average Bonchev–Trinajstić information content (AvgIpc) is 3.23. The second-order valence-electron chi connectivity index (χ2n) is 6.50. The normalized spacial score (nSPS) is 10.9. The summed E-state index contributed by atoms with van der Waals surface area (Å²) >= 11 is 0. The van der Waals surface area contributed by atoms with Crippen LogP contribution >= 0.6 is 0 Å². The zero-order valence-corrected chi connectivity index (χ0v) is 15.9. The number of amides is 1. The van der Waals surface area contributed by atoms with Crippen molar-refractivity contribution < 1.29 is 9.90 Å². The zero-order chi connectivity index (χ0) is 20.8. The van der Waals surface area contributed by atoms with Crippen LogP contribution in [0.2, 0.25) is 0 Å². The molecular formula is C22H18N6O2. The fraction of sp³-hybridized carbons (Fsp3) is 0.0455. The van der Waals surface area contributed by atoms with Crippen LogP contribution in [-0.2, 0) is 6.54 Å². The van der Waals surface area contributed by atoms with E-state index in [0.717, 1.165) is 11.1 Å². The van der Waals surface area contributed by atoms with Gasteiger partial charge in [0.25, 0.3) is 5.91 Å². The highest BCUT2D eigenvalue weighted by Gasteiger charge is 2.07. The first-order chi connectivity index (χ1) is 14.7. The highest BCUT2D eigenvalue weighted by molar-refractivity contribution is 5.94. The number of carbonyl (C=O) groups excluding carboxylic acids is 1. The molecule has 148 valence electrons. The molecule has 0 atom stereocenters. The molecule has 1 heterocycles. The quantitative estimate of drug-likeness (QED) is 0.384. The van der Waals surface area contributed by atoms with Crippen molar-refractivity contribution in [1.29, 1.82) is 0 Å². The fourth-order valence-corrected chi connectivity index (χ4v) is 2.77. The number of nitrogens with zero attached hydrogens (tertiary/aromatic N) is 5. The lowest BCUT2D eigenvalue weighted by Gasteiger charge is -2.03. The van der Waals surface area contributed by atoms with Crippen molar-refractivity contribution in [2.75, 3.05) is 0 Å². The van der Waals surface area contributed by atoms with E-state index >= 15 is 0 Å². The molecule has 8 heteroatoms. The molecule has 0 fully saturated rings. The molecule has 30 heavy (non-hydrogen) atoms. The largest absolute Gasteiger partial charge is 0.508 e. The number of nitrogens with one attached hydrogen (secondary N) is 1. The van der Waals surface area contributed by atoms with Crippen LogP contribution < -0.4 is 5.43 Å². The van der Waals surface area contributed by atoms with E-state index in [9.17, 15) is 9.90 Å². The van der Waals surface area contributed by atoms with E-state index in [-0.39, 0.29) is 11.7 Å². The second-order valence-corrected chi connectivity index (χ2v) is 6.50. The Balaban J connectivity index is 1.36. The maximum absolute atomic E-state index is 12.2. The van der Waals surface area contributed by atoms with Crippen LogP contribution in [0.25, 0.3) is 11.4 Å². The summed E-state index contributed by atoms with van der Waals surface area (Å²) in [5.74, 6) is 0.373. The van der Waals surface area contributed by atoms with Crippen LogP contribution in [-0.4, -0.2) is 37.4 Å². The number of hydrogen-bond acceptors (Lipinski definition) is 6. The highest BCUT2D eigenvalue weighted by atomic mass is 16.3. The van der Waals surface area contributed by atoms with Gasteiger partial charge in [0.15, 0.2) is 0 Å². The predicted octanol–water partition coefficient (Wildman–Crippen LogP) is 2.86. The summed E-state index contributed by atoms with van der Waals surface area (Å²) in [4.78, 5) is 13.7. The lowest BCUT2D eigenvalue weighted by molar-refractivity contribution is 0.0955. The van der Waals surface area contributed by atoms with Gasteiger partial charge in [-0.15, -0.1) is 10.2 Å². The summed E-state index contributed by atoms with van der Waals surface area (Å²) < 4.78 is 0. The average molecular weight is 398 g/mol. The van der Waals surface area contributed by atoms with Gasteiger partial charge in [-0.2, -0.15) is 9.90 Å². The minimum absolute atomic E-state index is 0.138. The van der Waals surface area contributed by atoms with Gasteiger partial charge in [0.2, 0.25) is 5.82 Å². The molecule has 0 saturated carbocycles. The Bertz CT molecular complexity index is 1170. The molecule has 2 N–H and O–H groups in total. The van der Waals surface area contributed by atoms with Crippen molar-refractivity contribution in [2.45, 2.75) is 6.54 Å². The van der Waals surface area contributed by atoms with Crippen molar-refractivity contribution in [3.8, 4) is 17.1 Å². The number of aromatic nitrogens is 4. The zero-order valence-electron chi connectivity index (χ0n) is 15.9. The summed E-state index contributed by atoms with van der Waals surface area (Å²) in [5.41, 5.74) is 5.46. The lowest BCUT2D eigenvalue weighted by atomic mass is 10.1. The van der Waals surface area contributed by atoms with Gasteiger partial charge < -0.3 is 5.11 Å². The Kier molecular flexibility index (Phi) is 5.56. The molecule has 0 radical (unpaired) electrons. The van der Waals surface area contributed by atoms with Crippen LogP contribution in [0, 0.1) is 0 Å². The van der Waals surface area contributed by atoms with E-state index in [0.29, 0.717) is 23.5 Å². The summed E-state index contributed by atoms with van der Waals surface area (Å²) in [5, 5.41) is 25.9. The third kappa shape index (κ3) is 4.74. The number of carbonyl (C=O) groups is 1. The van der Waals surface area contributed by atoms with E-state index in [2.05, 4.69) is 25.9 Å². The van der Waals surface area contributed by atoms with Crippen LogP contribution in [0.5, 0.6) is 5.75 Å². The standard InChI is InChI=1S/C22H18N6O2/c29-20-8-4-5-17(13-20)14-23-25-22(30)19-11-9-16(10-12-19)15-28-26-21(24-27-28)18-6-2-1-3-7-18/h1-14,29H,15H2,(H,25,30)/b23-14-. The molecule has 1 amide bonds. The van der Waals surface area contributed by atoms with Gasteiger partial charge in [-0.1, -0.05) is 54.6 Å². The minimum atomic E-state index is -0.330. The van der Waals surface area contributed by atoms with Crippen LogP contribution in [0.4, 0.5) is 0 Å². The van der Waals surface area contributed by atoms with Crippen molar-refractivity contribution in [2.24, 2.45) is 5.10 Å². The van der Waals surface area contributed by atoms with Crippen LogP contribution in [0.15, 0.2) is 84.0 Å². The number of phenols is 1. The topological polar surface area (TPSA) is 105 Å². The number of hydrazone groups is 1. The van der Waals surface area contributed by atoms with Crippen molar-refractivity contribution in [3.63, 3.8) is 0 Å². The first-order valence-corrected chi connectivity index (χ1v) is 9.22. The van der Waals surface area contributed by atoms with E-state index in [1.165, 1.54) is 11.0 Å². The first-order valence-electron chi connectivity index (χ1n) is 9.22. The molecule has 3 aromatic carbocycles. The number of rotatable bonds is 6. The summed E-state index contributed by atoms with van der Waals surface area (Å²) in [6.45, 7) is 0.442. The Hall–Kier alpha value is -4.33. The summed E-state index contributed by atoms with van der Waals surface area (Å²) in [6.07, 6.45) is 1.46. The maximum atomic E-state index is 12.2. The van der Waals surface area contributed by atoms with Crippen LogP contribution in [0.3, 0.4) is 0 Å². The third-order valence-corrected chi connectivity index (χ3v) is 4.27. The smallest absolute Gasteiger partial charge is 0.271 e. The molecule has 0 bridgehead atoms. The number of tetrazole rings is 1. The van der Waals surface area contributed by atoms with Crippen molar-refractivity contribution >= 4 is 12.1 Å². The Morgan fingerprint density at radius 3 is 2.60 bits per heavy atom. The van der Waals surface area contributed by atoms with Gasteiger partial charge in [-0.05, 0) is 40.6 Å². The van der Waals surface area contributed by atoms with E-state index in [1.54, 1.807) is 36.4 Å². The van der Waals surface area contributed by atoms with E-state index in [4.69, 9.17) is 0 Å². The van der Waals surface area contributed by atoms with Gasteiger partial charge in [-0.3, -0.25) is 4.79 Å². The molecule has 8 nitrogen and oxygen atoms in total. The monoisotopic (exact) mass is 398 g/mol. The second kappa shape index (κ2) is 8.78. The predicted molar refractivity (Wildman–Crippen MR) is 112 cm³/mol. The minimum Gasteiger partial charge on any atom is -0.508 e. The molecule has 4 aromatic rings. The van der Waals surface area contributed by atoms with Gasteiger partial charge in [0.1, 0.15) is 5.75 Å². The molecular weight excluding hydrogens is 380 g/mol.